The van der Waals surface area contributed by atoms with Crippen LogP contribution in [0, 0.1) is 0 Å². The summed E-state index contributed by atoms with van der Waals surface area (Å²) in [6, 6.07) is 3.98. The molecule has 124 valence electrons. The Kier molecular flexibility index (Phi) is 4.66. The summed E-state index contributed by atoms with van der Waals surface area (Å²) in [6.45, 7) is 4.08. The second kappa shape index (κ2) is 6.70. The molecule has 1 aliphatic rings. The fraction of sp³-hybridized carbons (Fsp3) is 0.562. The maximum Gasteiger partial charge on any atom is 0.345 e. The van der Waals surface area contributed by atoms with Crippen LogP contribution in [0.2, 0.25) is 0 Å². The molecule has 0 radical (unpaired) electrons. The van der Waals surface area contributed by atoms with Crippen molar-refractivity contribution >= 4 is 17.2 Å². The van der Waals surface area contributed by atoms with Crippen molar-refractivity contribution in [3.63, 3.8) is 0 Å². The summed E-state index contributed by atoms with van der Waals surface area (Å²) in [5.74, 6) is 1.32. The highest BCUT2D eigenvalue weighted by atomic mass is 32.1. The molecular formula is C16H22N4O2S. The Morgan fingerprint density at radius 2 is 2.13 bits per heavy atom. The summed E-state index contributed by atoms with van der Waals surface area (Å²) in [5.41, 5.74) is -0.0568. The van der Waals surface area contributed by atoms with E-state index >= 15 is 0 Å². The number of nitrogens with zero attached hydrogens (tertiary/aromatic N) is 4. The zero-order valence-electron chi connectivity index (χ0n) is 13.6. The third-order valence-corrected chi connectivity index (χ3v) is 5.35. The van der Waals surface area contributed by atoms with Gasteiger partial charge in [0, 0.05) is 37.5 Å². The van der Waals surface area contributed by atoms with E-state index in [0.717, 1.165) is 36.6 Å². The lowest BCUT2D eigenvalue weighted by molar-refractivity contribution is -0.131. The van der Waals surface area contributed by atoms with Crippen molar-refractivity contribution in [2.45, 2.75) is 38.6 Å². The number of piperidine rings is 1. The molecule has 0 saturated carbocycles. The quantitative estimate of drug-likeness (QED) is 0.853. The van der Waals surface area contributed by atoms with Gasteiger partial charge in [-0.05, 0) is 31.2 Å². The first-order valence-corrected chi connectivity index (χ1v) is 8.92. The van der Waals surface area contributed by atoms with E-state index in [9.17, 15) is 9.59 Å². The Bertz CT molecular complexity index is 724. The number of hydrogen-bond acceptors (Lipinski definition) is 4. The maximum absolute atomic E-state index is 12.3. The second-order valence-corrected chi connectivity index (χ2v) is 6.95. The van der Waals surface area contributed by atoms with Crippen LogP contribution in [0.4, 0.5) is 0 Å². The largest absolute Gasteiger partial charge is 0.345 e. The van der Waals surface area contributed by atoms with E-state index in [1.807, 2.05) is 29.3 Å². The zero-order chi connectivity index (χ0) is 16.4. The molecule has 0 atom stereocenters. The molecule has 3 heterocycles. The minimum Gasteiger partial charge on any atom is -0.342 e. The predicted octanol–water partition coefficient (Wildman–Crippen LogP) is 1.61. The van der Waals surface area contributed by atoms with E-state index in [-0.39, 0.29) is 17.5 Å². The molecule has 0 spiro atoms. The number of aryl methyl sites for hydroxylation is 1. The molecule has 1 saturated heterocycles. The molecule has 0 aliphatic carbocycles. The molecule has 3 rings (SSSR count). The third kappa shape index (κ3) is 3.24. The zero-order valence-corrected chi connectivity index (χ0v) is 14.4. The van der Waals surface area contributed by atoms with Crippen LogP contribution in [-0.2, 0) is 24.8 Å². The molecule has 2 aromatic rings. The molecular weight excluding hydrogens is 312 g/mol. The highest BCUT2D eigenvalue weighted by molar-refractivity contribution is 7.10. The van der Waals surface area contributed by atoms with Gasteiger partial charge in [0.15, 0.2) is 0 Å². The smallest absolute Gasteiger partial charge is 0.342 e. The van der Waals surface area contributed by atoms with E-state index < -0.39 is 0 Å². The first-order chi connectivity index (χ1) is 11.1. The highest BCUT2D eigenvalue weighted by Gasteiger charge is 2.27. The Hall–Kier alpha value is -1.89. The SMILES string of the molecule is CCn1c(C2CCN(C(=O)Cc3cccs3)CC2)nn(C)c1=O. The van der Waals surface area contributed by atoms with Crippen LogP contribution in [0.3, 0.4) is 0 Å². The molecule has 6 nitrogen and oxygen atoms in total. The average molecular weight is 334 g/mol. The Morgan fingerprint density at radius 1 is 1.39 bits per heavy atom. The van der Waals surface area contributed by atoms with E-state index in [1.54, 1.807) is 23.0 Å². The van der Waals surface area contributed by atoms with Gasteiger partial charge >= 0.3 is 5.69 Å². The molecule has 7 heteroatoms. The monoisotopic (exact) mass is 334 g/mol. The minimum atomic E-state index is -0.0568. The number of rotatable bonds is 4. The van der Waals surface area contributed by atoms with Crippen molar-refractivity contribution in [3.8, 4) is 0 Å². The number of carbonyl (C=O) groups excluding carboxylic acids is 1. The molecule has 1 fully saturated rings. The van der Waals surface area contributed by atoms with Crippen molar-refractivity contribution < 1.29 is 4.79 Å². The Labute approximate surface area is 139 Å². The molecule has 0 aromatic carbocycles. The van der Waals surface area contributed by atoms with Crippen molar-refractivity contribution in [3.05, 3.63) is 38.7 Å². The lowest BCUT2D eigenvalue weighted by atomic mass is 9.95. The Balaban J connectivity index is 1.63. The molecule has 1 aliphatic heterocycles. The highest BCUT2D eigenvalue weighted by Crippen LogP contribution is 2.26. The number of aromatic nitrogens is 3. The van der Waals surface area contributed by atoms with Crippen LogP contribution in [0.5, 0.6) is 0 Å². The molecule has 0 bridgehead atoms. The summed E-state index contributed by atoms with van der Waals surface area (Å²) in [5, 5.41) is 6.40. The summed E-state index contributed by atoms with van der Waals surface area (Å²) in [4.78, 5) is 27.4. The summed E-state index contributed by atoms with van der Waals surface area (Å²) in [7, 11) is 1.69. The van der Waals surface area contributed by atoms with Gasteiger partial charge < -0.3 is 4.90 Å². The number of amides is 1. The maximum atomic E-state index is 12.3. The second-order valence-electron chi connectivity index (χ2n) is 5.92. The van der Waals surface area contributed by atoms with E-state index in [0.29, 0.717) is 13.0 Å². The first-order valence-electron chi connectivity index (χ1n) is 8.04. The van der Waals surface area contributed by atoms with Gasteiger partial charge in [-0.1, -0.05) is 6.07 Å². The van der Waals surface area contributed by atoms with Crippen LogP contribution in [0.1, 0.15) is 36.4 Å². The van der Waals surface area contributed by atoms with Crippen LogP contribution in [0.25, 0.3) is 0 Å². The molecule has 23 heavy (non-hydrogen) atoms. The first kappa shape index (κ1) is 16.0. The third-order valence-electron chi connectivity index (χ3n) is 4.47. The standard InChI is InChI=1S/C16H22N4O2S/c1-3-20-15(17-18(2)16(20)22)12-6-8-19(9-7-12)14(21)11-13-5-4-10-23-13/h4-5,10,12H,3,6-9,11H2,1-2H3. The van der Waals surface area contributed by atoms with Gasteiger partial charge in [0.1, 0.15) is 5.82 Å². The van der Waals surface area contributed by atoms with E-state index in [4.69, 9.17) is 0 Å². The summed E-state index contributed by atoms with van der Waals surface area (Å²) < 4.78 is 3.15. The number of likely N-dealkylation sites (tertiary alicyclic amines) is 1. The van der Waals surface area contributed by atoms with E-state index in [2.05, 4.69) is 5.10 Å². The van der Waals surface area contributed by atoms with Crippen LogP contribution in [-0.4, -0.2) is 38.2 Å². The van der Waals surface area contributed by atoms with Gasteiger partial charge in [0.25, 0.3) is 0 Å². The summed E-state index contributed by atoms with van der Waals surface area (Å²) >= 11 is 1.62. The van der Waals surface area contributed by atoms with E-state index in [1.165, 1.54) is 4.68 Å². The molecule has 0 unspecified atom stereocenters. The fourth-order valence-corrected chi connectivity index (χ4v) is 3.88. The lowest BCUT2D eigenvalue weighted by Gasteiger charge is -2.31. The van der Waals surface area contributed by atoms with Gasteiger partial charge in [0.05, 0.1) is 6.42 Å². The predicted molar refractivity (Wildman–Crippen MR) is 89.7 cm³/mol. The molecule has 0 N–H and O–H groups in total. The fourth-order valence-electron chi connectivity index (χ4n) is 3.18. The Morgan fingerprint density at radius 3 is 2.74 bits per heavy atom. The van der Waals surface area contributed by atoms with Crippen LogP contribution in [0.15, 0.2) is 22.3 Å². The van der Waals surface area contributed by atoms with Gasteiger partial charge in [-0.3, -0.25) is 9.36 Å². The van der Waals surface area contributed by atoms with Crippen molar-refractivity contribution in [1.82, 2.24) is 19.2 Å². The van der Waals surface area contributed by atoms with Gasteiger partial charge in [-0.25, -0.2) is 9.48 Å². The topological polar surface area (TPSA) is 60.1 Å². The minimum absolute atomic E-state index is 0.0568. The lowest BCUT2D eigenvalue weighted by Crippen LogP contribution is -2.39. The number of carbonyl (C=O) groups is 1. The van der Waals surface area contributed by atoms with Crippen molar-refractivity contribution in [2.75, 3.05) is 13.1 Å². The van der Waals surface area contributed by atoms with Crippen LogP contribution < -0.4 is 5.69 Å². The normalized spacial score (nSPS) is 16.0. The number of hydrogen-bond donors (Lipinski definition) is 0. The van der Waals surface area contributed by atoms with Crippen molar-refractivity contribution in [1.29, 1.82) is 0 Å². The molecule has 2 aromatic heterocycles. The summed E-state index contributed by atoms with van der Waals surface area (Å²) in [6.07, 6.45) is 2.23. The number of thiophene rings is 1. The van der Waals surface area contributed by atoms with Crippen molar-refractivity contribution in [2.24, 2.45) is 7.05 Å². The van der Waals surface area contributed by atoms with Gasteiger partial charge in [0.2, 0.25) is 5.91 Å². The van der Waals surface area contributed by atoms with Crippen LogP contribution >= 0.6 is 11.3 Å². The van der Waals surface area contributed by atoms with Gasteiger partial charge in [-0.2, -0.15) is 5.10 Å². The van der Waals surface area contributed by atoms with Gasteiger partial charge in [-0.15, -0.1) is 11.3 Å². The average Bonchev–Trinajstić information content (AvgIpc) is 3.16. The molecule has 1 amide bonds.